The van der Waals surface area contributed by atoms with Crippen LogP contribution in [0.4, 0.5) is 0 Å². The van der Waals surface area contributed by atoms with E-state index in [4.69, 9.17) is 10.2 Å². The van der Waals surface area contributed by atoms with Crippen molar-refractivity contribution in [1.82, 2.24) is 4.98 Å². The van der Waals surface area contributed by atoms with E-state index in [1.54, 1.807) is 6.26 Å². The second-order valence-corrected chi connectivity index (χ2v) is 3.83. The van der Waals surface area contributed by atoms with Crippen LogP contribution in [-0.4, -0.2) is 4.98 Å². The molecule has 0 unspecified atom stereocenters. The lowest BCUT2D eigenvalue weighted by molar-refractivity contribution is 0.502. The van der Waals surface area contributed by atoms with Crippen LogP contribution in [0.25, 0.3) is 11.3 Å². The zero-order valence-corrected chi connectivity index (χ0v) is 9.66. The van der Waals surface area contributed by atoms with Crippen molar-refractivity contribution in [3.8, 4) is 11.3 Å². The smallest absolute Gasteiger partial charge is 0.194 e. The standard InChI is InChI=1S/C13H16N2O/c1-3-13-15-12(8-16-13)10-5-4-9(2)11(6-10)7-14/h4-6,8H,3,7,14H2,1-2H3. The van der Waals surface area contributed by atoms with Gasteiger partial charge in [0.1, 0.15) is 12.0 Å². The third-order valence-electron chi connectivity index (χ3n) is 2.72. The molecule has 3 heteroatoms. The number of hydrogen-bond donors (Lipinski definition) is 1. The minimum absolute atomic E-state index is 0.554. The third-order valence-corrected chi connectivity index (χ3v) is 2.72. The SMILES string of the molecule is CCc1nc(-c2ccc(C)c(CN)c2)co1. The lowest BCUT2D eigenvalue weighted by Gasteiger charge is -2.04. The fourth-order valence-corrected chi connectivity index (χ4v) is 1.66. The summed E-state index contributed by atoms with van der Waals surface area (Å²) in [5.41, 5.74) is 10.00. The lowest BCUT2D eigenvalue weighted by atomic mass is 10.0. The fraction of sp³-hybridized carbons (Fsp3) is 0.308. The quantitative estimate of drug-likeness (QED) is 0.858. The Morgan fingerprint density at radius 2 is 2.19 bits per heavy atom. The summed E-state index contributed by atoms with van der Waals surface area (Å²) < 4.78 is 5.33. The molecule has 0 amide bonds. The second kappa shape index (κ2) is 4.49. The number of oxazole rings is 1. The predicted molar refractivity (Wildman–Crippen MR) is 63.9 cm³/mol. The zero-order chi connectivity index (χ0) is 11.5. The van der Waals surface area contributed by atoms with E-state index in [1.165, 1.54) is 5.56 Å². The Morgan fingerprint density at radius 1 is 1.38 bits per heavy atom. The number of nitrogens with zero attached hydrogens (tertiary/aromatic N) is 1. The number of rotatable bonds is 3. The van der Waals surface area contributed by atoms with E-state index in [0.29, 0.717) is 6.54 Å². The molecule has 0 saturated carbocycles. The van der Waals surface area contributed by atoms with Crippen LogP contribution in [0, 0.1) is 6.92 Å². The molecule has 1 aromatic carbocycles. The summed E-state index contributed by atoms with van der Waals surface area (Å²) in [5, 5.41) is 0. The summed E-state index contributed by atoms with van der Waals surface area (Å²) in [6.45, 7) is 4.64. The molecule has 0 bridgehead atoms. The van der Waals surface area contributed by atoms with E-state index < -0.39 is 0 Å². The maximum absolute atomic E-state index is 5.69. The first-order valence-corrected chi connectivity index (χ1v) is 5.49. The van der Waals surface area contributed by atoms with Crippen LogP contribution in [0.1, 0.15) is 23.9 Å². The van der Waals surface area contributed by atoms with Crippen molar-refractivity contribution in [2.75, 3.05) is 0 Å². The van der Waals surface area contributed by atoms with Gasteiger partial charge in [0, 0.05) is 18.5 Å². The number of nitrogens with two attached hydrogens (primary N) is 1. The molecule has 2 aromatic rings. The summed E-state index contributed by atoms with van der Waals surface area (Å²) in [7, 11) is 0. The summed E-state index contributed by atoms with van der Waals surface area (Å²) in [6, 6.07) is 6.19. The molecule has 0 aliphatic rings. The normalized spacial score (nSPS) is 10.7. The molecule has 16 heavy (non-hydrogen) atoms. The van der Waals surface area contributed by atoms with Crippen molar-refractivity contribution in [2.45, 2.75) is 26.8 Å². The van der Waals surface area contributed by atoms with Crippen molar-refractivity contribution < 1.29 is 4.42 Å². The highest BCUT2D eigenvalue weighted by Gasteiger charge is 2.06. The van der Waals surface area contributed by atoms with Gasteiger partial charge in [0.05, 0.1) is 0 Å². The molecule has 84 valence electrons. The minimum atomic E-state index is 0.554. The molecule has 0 aliphatic heterocycles. The van der Waals surface area contributed by atoms with Crippen molar-refractivity contribution >= 4 is 0 Å². The fourth-order valence-electron chi connectivity index (χ4n) is 1.66. The molecule has 1 heterocycles. The first-order valence-electron chi connectivity index (χ1n) is 5.49. The Bertz CT molecular complexity index is 488. The van der Waals surface area contributed by atoms with Crippen LogP contribution in [0.2, 0.25) is 0 Å². The van der Waals surface area contributed by atoms with Crippen LogP contribution < -0.4 is 5.73 Å². The van der Waals surface area contributed by atoms with Crippen molar-refractivity contribution in [3.05, 3.63) is 41.5 Å². The first-order chi connectivity index (χ1) is 7.74. The van der Waals surface area contributed by atoms with Gasteiger partial charge in [-0.1, -0.05) is 19.1 Å². The molecule has 0 saturated heterocycles. The topological polar surface area (TPSA) is 52.0 Å². The van der Waals surface area contributed by atoms with E-state index >= 15 is 0 Å². The van der Waals surface area contributed by atoms with Crippen molar-refractivity contribution in [1.29, 1.82) is 0 Å². The summed E-state index contributed by atoms with van der Waals surface area (Å²) >= 11 is 0. The zero-order valence-electron chi connectivity index (χ0n) is 9.66. The van der Waals surface area contributed by atoms with Crippen molar-refractivity contribution in [2.24, 2.45) is 5.73 Å². The minimum Gasteiger partial charge on any atom is -0.448 e. The Labute approximate surface area is 95.3 Å². The number of benzene rings is 1. The first kappa shape index (κ1) is 10.9. The van der Waals surface area contributed by atoms with Crippen LogP contribution in [0.3, 0.4) is 0 Å². The van der Waals surface area contributed by atoms with E-state index in [9.17, 15) is 0 Å². The molecule has 3 nitrogen and oxygen atoms in total. The van der Waals surface area contributed by atoms with E-state index in [0.717, 1.165) is 29.1 Å². The van der Waals surface area contributed by atoms with Crippen LogP contribution in [-0.2, 0) is 13.0 Å². The highest BCUT2D eigenvalue weighted by atomic mass is 16.3. The third kappa shape index (κ3) is 1.99. The maximum atomic E-state index is 5.69. The van der Waals surface area contributed by atoms with Gasteiger partial charge in [0.2, 0.25) is 0 Å². The van der Waals surface area contributed by atoms with Gasteiger partial charge in [0.15, 0.2) is 5.89 Å². The number of aryl methyl sites for hydroxylation is 2. The van der Waals surface area contributed by atoms with Crippen LogP contribution in [0.5, 0.6) is 0 Å². The summed E-state index contributed by atoms with van der Waals surface area (Å²) in [5.74, 6) is 0.768. The maximum Gasteiger partial charge on any atom is 0.194 e. The molecule has 0 spiro atoms. The molecule has 2 N–H and O–H groups in total. The van der Waals surface area contributed by atoms with E-state index in [1.807, 2.05) is 13.0 Å². The van der Waals surface area contributed by atoms with E-state index in [-0.39, 0.29) is 0 Å². The van der Waals surface area contributed by atoms with Gasteiger partial charge in [-0.25, -0.2) is 4.98 Å². The lowest BCUT2D eigenvalue weighted by Crippen LogP contribution is -1.99. The van der Waals surface area contributed by atoms with Gasteiger partial charge in [-0.05, 0) is 24.1 Å². The van der Waals surface area contributed by atoms with Gasteiger partial charge in [-0.15, -0.1) is 0 Å². The largest absolute Gasteiger partial charge is 0.448 e. The highest BCUT2D eigenvalue weighted by Crippen LogP contribution is 2.21. The molecule has 0 fully saturated rings. The van der Waals surface area contributed by atoms with Crippen molar-refractivity contribution in [3.63, 3.8) is 0 Å². The Balaban J connectivity index is 2.40. The van der Waals surface area contributed by atoms with E-state index in [2.05, 4.69) is 24.0 Å². The molecular weight excluding hydrogens is 200 g/mol. The highest BCUT2D eigenvalue weighted by molar-refractivity contribution is 5.60. The summed E-state index contributed by atoms with van der Waals surface area (Å²) in [4.78, 5) is 4.40. The van der Waals surface area contributed by atoms with Crippen LogP contribution >= 0.6 is 0 Å². The monoisotopic (exact) mass is 216 g/mol. The number of aromatic nitrogens is 1. The summed E-state index contributed by atoms with van der Waals surface area (Å²) in [6.07, 6.45) is 2.51. The second-order valence-electron chi connectivity index (χ2n) is 3.83. The Kier molecular flexibility index (Phi) is 3.06. The molecule has 1 aromatic heterocycles. The molecular formula is C13H16N2O. The predicted octanol–water partition coefficient (Wildman–Crippen LogP) is 2.67. The molecule has 0 atom stereocenters. The molecule has 2 rings (SSSR count). The molecule has 0 aliphatic carbocycles. The van der Waals surface area contributed by atoms with Gasteiger partial charge in [-0.2, -0.15) is 0 Å². The molecule has 0 radical (unpaired) electrons. The average Bonchev–Trinajstić information content (AvgIpc) is 2.78. The number of hydrogen-bond acceptors (Lipinski definition) is 3. The Hall–Kier alpha value is -1.61. The average molecular weight is 216 g/mol. The Morgan fingerprint density at radius 3 is 2.81 bits per heavy atom. The van der Waals surface area contributed by atoms with Crippen LogP contribution in [0.15, 0.2) is 28.9 Å². The van der Waals surface area contributed by atoms with Gasteiger partial charge < -0.3 is 10.2 Å². The van der Waals surface area contributed by atoms with Gasteiger partial charge >= 0.3 is 0 Å². The van der Waals surface area contributed by atoms with Gasteiger partial charge in [-0.3, -0.25) is 0 Å². The van der Waals surface area contributed by atoms with Gasteiger partial charge in [0.25, 0.3) is 0 Å².